The Morgan fingerprint density at radius 1 is 0.700 bits per heavy atom. The summed E-state index contributed by atoms with van der Waals surface area (Å²) >= 11 is 0. The maximum absolute atomic E-state index is 3.71. The summed E-state index contributed by atoms with van der Waals surface area (Å²) in [5, 5.41) is 0. The Balaban J connectivity index is 1.81. The van der Waals surface area contributed by atoms with Gasteiger partial charge in [-0.3, -0.25) is 0 Å². The van der Waals surface area contributed by atoms with Crippen molar-refractivity contribution in [3.05, 3.63) is 42.8 Å². The molecule has 0 bridgehead atoms. The fourth-order valence-electron chi connectivity index (χ4n) is 2.42. The van der Waals surface area contributed by atoms with Gasteiger partial charge < -0.3 is 0 Å². The first-order valence-electron chi connectivity index (χ1n) is 8.22. The first-order chi connectivity index (χ1) is 9.93. The summed E-state index contributed by atoms with van der Waals surface area (Å²) in [7, 11) is 0. The van der Waals surface area contributed by atoms with Gasteiger partial charge in [0, 0.05) is 12.8 Å². The van der Waals surface area contributed by atoms with E-state index in [0.717, 1.165) is 12.8 Å². The SMILES string of the molecule is [CH2]CC#CCCCCCCCCCCc1ccccc1. The summed E-state index contributed by atoms with van der Waals surface area (Å²) in [4.78, 5) is 0. The molecule has 1 aromatic rings. The minimum Gasteiger partial charge on any atom is -0.103 e. The molecule has 0 aromatic heterocycles. The van der Waals surface area contributed by atoms with Crippen molar-refractivity contribution in [2.45, 2.75) is 70.6 Å². The summed E-state index contributed by atoms with van der Waals surface area (Å²) in [6.45, 7) is 3.71. The number of hydrogen-bond acceptors (Lipinski definition) is 0. The molecular weight excluding hydrogens is 240 g/mol. The Labute approximate surface area is 126 Å². The molecule has 0 aliphatic rings. The van der Waals surface area contributed by atoms with Crippen LogP contribution in [-0.4, -0.2) is 0 Å². The molecule has 0 nitrogen and oxygen atoms in total. The molecule has 0 N–H and O–H groups in total. The van der Waals surface area contributed by atoms with E-state index in [-0.39, 0.29) is 0 Å². The van der Waals surface area contributed by atoms with Gasteiger partial charge in [0.1, 0.15) is 0 Å². The van der Waals surface area contributed by atoms with Crippen LogP contribution in [0.4, 0.5) is 0 Å². The molecule has 1 aromatic carbocycles. The average Bonchev–Trinajstić information content (AvgIpc) is 2.49. The zero-order valence-electron chi connectivity index (χ0n) is 12.9. The molecular formula is C20H29. The predicted molar refractivity (Wildman–Crippen MR) is 89.4 cm³/mol. The third-order valence-electron chi connectivity index (χ3n) is 3.61. The Morgan fingerprint density at radius 3 is 1.95 bits per heavy atom. The molecule has 0 saturated heterocycles. The zero-order valence-corrected chi connectivity index (χ0v) is 12.9. The van der Waals surface area contributed by atoms with Gasteiger partial charge in [0.05, 0.1) is 0 Å². The fraction of sp³-hybridized carbons (Fsp3) is 0.550. The van der Waals surface area contributed by atoms with E-state index in [0.29, 0.717) is 0 Å². The molecule has 1 rings (SSSR count). The highest BCUT2D eigenvalue weighted by atomic mass is 14.0. The van der Waals surface area contributed by atoms with Crippen LogP contribution in [0.5, 0.6) is 0 Å². The van der Waals surface area contributed by atoms with Gasteiger partial charge in [-0.2, -0.15) is 0 Å². The second-order valence-electron chi connectivity index (χ2n) is 5.42. The molecule has 0 amide bonds. The van der Waals surface area contributed by atoms with Crippen molar-refractivity contribution >= 4 is 0 Å². The lowest BCUT2D eigenvalue weighted by molar-refractivity contribution is 0.570. The van der Waals surface area contributed by atoms with Gasteiger partial charge in [-0.05, 0) is 31.7 Å². The molecule has 109 valence electrons. The third kappa shape index (κ3) is 9.68. The zero-order chi connectivity index (χ0) is 14.3. The van der Waals surface area contributed by atoms with Gasteiger partial charge in [0.25, 0.3) is 0 Å². The topological polar surface area (TPSA) is 0 Å². The molecule has 20 heavy (non-hydrogen) atoms. The summed E-state index contributed by atoms with van der Waals surface area (Å²) in [6, 6.07) is 10.8. The second-order valence-corrected chi connectivity index (χ2v) is 5.42. The molecule has 0 heteroatoms. The highest BCUT2D eigenvalue weighted by Gasteiger charge is 1.94. The summed E-state index contributed by atoms with van der Waals surface area (Å²) in [6.07, 6.45) is 14.0. The molecule has 0 saturated carbocycles. The van der Waals surface area contributed by atoms with Crippen LogP contribution in [0.15, 0.2) is 30.3 Å². The summed E-state index contributed by atoms with van der Waals surface area (Å²) in [5.74, 6) is 6.18. The lowest BCUT2D eigenvalue weighted by Crippen LogP contribution is -1.86. The van der Waals surface area contributed by atoms with Gasteiger partial charge >= 0.3 is 0 Å². The Morgan fingerprint density at radius 2 is 1.30 bits per heavy atom. The van der Waals surface area contributed by atoms with Crippen LogP contribution < -0.4 is 0 Å². The third-order valence-corrected chi connectivity index (χ3v) is 3.61. The summed E-state index contributed by atoms with van der Waals surface area (Å²) < 4.78 is 0. The first-order valence-corrected chi connectivity index (χ1v) is 8.22. The molecule has 0 atom stereocenters. The van der Waals surface area contributed by atoms with Crippen molar-refractivity contribution in [1.29, 1.82) is 0 Å². The Bertz CT molecular complexity index is 366. The van der Waals surface area contributed by atoms with E-state index in [2.05, 4.69) is 49.1 Å². The minimum atomic E-state index is 0.753. The van der Waals surface area contributed by atoms with Crippen LogP contribution in [-0.2, 0) is 6.42 Å². The van der Waals surface area contributed by atoms with Gasteiger partial charge in [-0.25, -0.2) is 0 Å². The minimum absolute atomic E-state index is 0.753. The number of aryl methyl sites for hydroxylation is 1. The number of unbranched alkanes of at least 4 members (excludes halogenated alkanes) is 8. The number of benzene rings is 1. The monoisotopic (exact) mass is 269 g/mol. The van der Waals surface area contributed by atoms with Crippen LogP contribution in [0, 0.1) is 18.8 Å². The van der Waals surface area contributed by atoms with Crippen LogP contribution in [0.1, 0.15) is 69.8 Å². The van der Waals surface area contributed by atoms with E-state index in [1.54, 1.807) is 0 Å². The lowest BCUT2D eigenvalue weighted by atomic mass is 10.0. The van der Waals surface area contributed by atoms with Crippen molar-refractivity contribution in [2.24, 2.45) is 0 Å². The van der Waals surface area contributed by atoms with Crippen LogP contribution in [0.25, 0.3) is 0 Å². The van der Waals surface area contributed by atoms with Crippen LogP contribution >= 0.6 is 0 Å². The number of rotatable bonds is 10. The number of hydrogen-bond donors (Lipinski definition) is 0. The maximum Gasteiger partial charge on any atom is 0.00890 e. The molecule has 0 aliphatic heterocycles. The standard InChI is InChI=1S/C20H29/c1-2-3-4-5-6-7-8-9-10-11-12-14-17-20-18-15-13-16-19-20/h13,15-16,18-19H,1-2,5-12,14,17H2. The normalized spacial score (nSPS) is 10.1. The van der Waals surface area contributed by atoms with Gasteiger partial charge in [-0.1, -0.05) is 68.9 Å². The lowest BCUT2D eigenvalue weighted by Gasteiger charge is -2.02. The van der Waals surface area contributed by atoms with Crippen LogP contribution in [0.3, 0.4) is 0 Å². The average molecular weight is 269 g/mol. The Hall–Kier alpha value is -1.22. The molecule has 0 spiro atoms. The van der Waals surface area contributed by atoms with Gasteiger partial charge in [0.15, 0.2) is 0 Å². The van der Waals surface area contributed by atoms with E-state index in [4.69, 9.17) is 0 Å². The van der Waals surface area contributed by atoms with E-state index >= 15 is 0 Å². The van der Waals surface area contributed by atoms with Crippen molar-refractivity contribution < 1.29 is 0 Å². The van der Waals surface area contributed by atoms with Crippen molar-refractivity contribution in [2.75, 3.05) is 0 Å². The fourth-order valence-corrected chi connectivity index (χ4v) is 2.42. The largest absolute Gasteiger partial charge is 0.103 e. The van der Waals surface area contributed by atoms with Crippen molar-refractivity contribution in [3.8, 4) is 11.8 Å². The van der Waals surface area contributed by atoms with Crippen molar-refractivity contribution in [1.82, 2.24) is 0 Å². The summed E-state index contributed by atoms with van der Waals surface area (Å²) in [5.41, 5.74) is 1.48. The molecule has 0 heterocycles. The molecule has 0 unspecified atom stereocenters. The van der Waals surface area contributed by atoms with Crippen LogP contribution in [0.2, 0.25) is 0 Å². The first kappa shape index (κ1) is 16.8. The predicted octanol–water partition coefficient (Wildman–Crippen LogP) is 5.97. The smallest absolute Gasteiger partial charge is 0.00890 e. The van der Waals surface area contributed by atoms with Gasteiger partial charge in [0.2, 0.25) is 0 Å². The highest BCUT2D eigenvalue weighted by molar-refractivity contribution is 5.14. The van der Waals surface area contributed by atoms with Crippen molar-refractivity contribution in [3.63, 3.8) is 0 Å². The second kappa shape index (κ2) is 12.8. The Kier molecular flexibility index (Phi) is 10.8. The maximum atomic E-state index is 3.71. The molecule has 1 radical (unpaired) electrons. The molecule has 0 fully saturated rings. The van der Waals surface area contributed by atoms with E-state index in [1.807, 2.05) is 0 Å². The van der Waals surface area contributed by atoms with E-state index in [9.17, 15) is 0 Å². The van der Waals surface area contributed by atoms with Gasteiger partial charge in [-0.15, -0.1) is 11.8 Å². The highest BCUT2D eigenvalue weighted by Crippen LogP contribution is 2.11. The van der Waals surface area contributed by atoms with E-state index < -0.39 is 0 Å². The van der Waals surface area contributed by atoms with E-state index in [1.165, 1.54) is 63.4 Å². The molecule has 0 aliphatic carbocycles. The quantitative estimate of drug-likeness (QED) is 0.363.